The lowest BCUT2D eigenvalue weighted by atomic mass is 10.0. The van der Waals surface area contributed by atoms with Crippen LogP contribution < -0.4 is 5.32 Å². The van der Waals surface area contributed by atoms with Crippen LogP contribution in [0.15, 0.2) is 40.8 Å². The lowest BCUT2D eigenvalue weighted by Crippen LogP contribution is -2.23. The van der Waals surface area contributed by atoms with Gasteiger partial charge >= 0.3 is 0 Å². The van der Waals surface area contributed by atoms with E-state index in [0.717, 1.165) is 25.1 Å². The average molecular weight is 278 g/mol. The standard InChI is InChI=1S/C16H20ClNO/c1-3-9-18-14(15-7-8-16(17)19-15)11-13-6-4-5-12(2)10-13/h4-8,10,14,18H,3,9,11H2,1-2H3. The van der Waals surface area contributed by atoms with E-state index in [0.29, 0.717) is 5.22 Å². The highest BCUT2D eigenvalue weighted by molar-refractivity contribution is 6.28. The zero-order chi connectivity index (χ0) is 13.7. The van der Waals surface area contributed by atoms with E-state index >= 15 is 0 Å². The molecule has 0 radical (unpaired) electrons. The van der Waals surface area contributed by atoms with Gasteiger partial charge in [-0.3, -0.25) is 0 Å². The van der Waals surface area contributed by atoms with E-state index in [2.05, 4.69) is 43.4 Å². The zero-order valence-electron chi connectivity index (χ0n) is 11.4. The van der Waals surface area contributed by atoms with Crippen molar-refractivity contribution in [3.63, 3.8) is 0 Å². The molecule has 0 spiro atoms. The second kappa shape index (κ2) is 6.78. The van der Waals surface area contributed by atoms with E-state index in [4.69, 9.17) is 16.0 Å². The first-order valence-electron chi connectivity index (χ1n) is 6.73. The van der Waals surface area contributed by atoms with Crippen molar-refractivity contribution < 1.29 is 4.42 Å². The van der Waals surface area contributed by atoms with Gasteiger partial charge in [0.2, 0.25) is 0 Å². The Balaban J connectivity index is 2.13. The Morgan fingerprint density at radius 3 is 2.74 bits per heavy atom. The topological polar surface area (TPSA) is 25.2 Å². The van der Waals surface area contributed by atoms with E-state index < -0.39 is 0 Å². The minimum Gasteiger partial charge on any atom is -0.448 e. The highest BCUT2D eigenvalue weighted by atomic mass is 35.5. The van der Waals surface area contributed by atoms with Crippen LogP contribution in [0, 0.1) is 6.92 Å². The first-order chi connectivity index (χ1) is 9.19. The fourth-order valence-electron chi connectivity index (χ4n) is 2.18. The van der Waals surface area contributed by atoms with Crippen molar-refractivity contribution in [3.05, 3.63) is 58.5 Å². The van der Waals surface area contributed by atoms with Crippen LogP contribution in [0.4, 0.5) is 0 Å². The smallest absolute Gasteiger partial charge is 0.193 e. The predicted octanol–water partition coefficient (Wildman–Crippen LogP) is 4.52. The number of halogens is 1. The monoisotopic (exact) mass is 277 g/mol. The molecule has 1 heterocycles. The third-order valence-corrected chi connectivity index (χ3v) is 3.30. The minimum atomic E-state index is 0.175. The molecule has 0 saturated heterocycles. The highest BCUT2D eigenvalue weighted by Gasteiger charge is 2.15. The van der Waals surface area contributed by atoms with E-state index in [1.807, 2.05) is 6.07 Å². The van der Waals surface area contributed by atoms with Crippen LogP contribution in [-0.4, -0.2) is 6.54 Å². The van der Waals surface area contributed by atoms with E-state index in [1.54, 1.807) is 6.07 Å². The number of benzene rings is 1. The summed E-state index contributed by atoms with van der Waals surface area (Å²) in [6.07, 6.45) is 2.00. The first-order valence-corrected chi connectivity index (χ1v) is 7.11. The summed E-state index contributed by atoms with van der Waals surface area (Å²) in [4.78, 5) is 0. The summed E-state index contributed by atoms with van der Waals surface area (Å²) in [6, 6.07) is 12.5. The molecule has 0 bridgehead atoms. The normalized spacial score (nSPS) is 12.6. The molecule has 0 aliphatic rings. The second-order valence-corrected chi connectivity index (χ2v) is 5.21. The summed E-state index contributed by atoms with van der Waals surface area (Å²) in [5, 5.41) is 3.96. The second-order valence-electron chi connectivity index (χ2n) is 4.84. The Kier molecular flexibility index (Phi) is 5.06. The van der Waals surface area contributed by atoms with Crippen LogP contribution in [0.5, 0.6) is 0 Å². The fourth-order valence-corrected chi connectivity index (χ4v) is 2.33. The van der Waals surface area contributed by atoms with Crippen molar-refractivity contribution in [1.82, 2.24) is 5.32 Å². The summed E-state index contributed by atoms with van der Waals surface area (Å²) in [5.74, 6) is 0.903. The number of aryl methyl sites for hydroxylation is 1. The van der Waals surface area contributed by atoms with E-state index in [9.17, 15) is 0 Å². The largest absolute Gasteiger partial charge is 0.448 e. The third kappa shape index (κ3) is 4.12. The minimum absolute atomic E-state index is 0.175. The van der Waals surface area contributed by atoms with Gasteiger partial charge in [-0.15, -0.1) is 0 Å². The summed E-state index contributed by atoms with van der Waals surface area (Å²) < 4.78 is 5.55. The molecular weight excluding hydrogens is 258 g/mol. The summed E-state index contributed by atoms with van der Waals surface area (Å²) >= 11 is 5.87. The van der Waals surface area contributed by atoms with Crippen LogP contribution in [0.1, 0.15) is 36.3 Å². The van der Waals surface area contributed by atoms with Gasteiger partial charge in [0.15, 0.2) is 5.22 Å². The molecule has 0 aliphatic carbocycles. The fraction of sp³-hybridized carbons (Fsp3) is 0.375. The molecule has 0 amide bonds. The number of nitrogens with one attached hydrogen (secondary N) is 1. The summed E-state index contributed by atoms with van der Waals surface area (Å²) in [7, 11) is 0. The van der Waals surface area contributed by atoms with Gasteiger partial charge in [0.25, 0.3) is 0 Å². The molecule has 2 aromatic rings. The van der Waals surface area contributed by atoms with Gasteiger partial charge in [0, 0.05) is 0 Å². The van der Waals surface area contributed by atoms with E-state index in [-0.39, 0.29) is 6.04 Å². The summed E-state index contributed by atoms with van der Waals surface area (Å²) in [6.45, 7) is 5.24. The number of rotatable bonds is 6. The van der Waals surface area contributed by atoms with Gasteiger partial charge < -0.3 is 9.73 Å². The van der Waals surface area contributed by atoms with Crippen molar-refractivity contribution in [3.8, 4) is 0 Å². The van der Waals surface area contributed by atoms with Gasteiger partial charge in [0.05, 0.1) is 6.04 Å². The van der Waals surface area contributed by atoms with Crippen molar-refractivity contribution in [2.75, 3.05) is 6.54 Å². The molecular formula is C16H20ClNO. The van der Waals surface area contributed by atoms with Crippen molar-refractivity contribution in [2.24, 2.45) is 0 Å². The maximum Gasteiger partial charge on any atom is 0.193 e. The molecule has 1 N–H and O–H groups in total. The zero-order valence-corrected chi connectivity index (χ0v) is 12.2. The molecule has 1 aromatic carbocycles. The Bertz CT molecular complexity index is 521. The molecule has 3 heteroatoms. The number of hydrogen-bond acceptors (Lipinski definition) is 2. The molecule has 1 atom stereocenters. The lowest BCUT2D eigenvalue weighted by molar-refractivity contribution is 0.411. The first kappa shape index (κ1) is 14.2. The van der Waals surface area contributed by atoms with Crippen molar-refractivity contribution >= 4 is 11.6 Å². The third-order valence-electron chi connectivity index (χ3n) is 3.10. The van der Waals surface area contributed by atoms with Crippen molar-refractivity contribution in [2.45, 2.75) is 32.7 Å². The molecule has 2 nitrogen and oxygen atoms in total. The van der Waals surface area contributed by atoms with Crippen LogP contribution in [0.2, 0.25) is 5.22 Å². The molecule has 0 fully saturated rings. The molecule has 0 saturated carbocycles. The SMILES string of the molecule is CCCNC(Cc1cccc(C)c1)c1ccc(Cl)o1. The quantitative estimate of drug-likeness (QED) is 0.839. The van der Waals surface area contributed by atoms with Gasteiger partial charge in [-0.05, 0) is 55.6 Å². The number of hydrogen-bond donors (Lipinski definition) is 1. The highest BCUT2D eigenvalue weighted by Crippen LogP contribution is 2.23. The maximum atomic E-state index is 5.87. The summed E-state index contributed by atoms with van der Waals surface area (Å²) in [5.41, 5.74) is 2.59. The van der Waals surface area contributed by atoms with Gasteiger partial charge in [-0.2, -0.15) is 0 Å². The molecule has 0 aliphatic heterocycles. The van der Waals surface area contributed by atoms with Crippen LogP contribution in [-0.2, 0) is 6.42 Å². The Morgan fingerprint density at radius 1 is 1.26 bits per heavy atom. The lowest BCUT2D eigenvalue weighted by Gasteiger charge is -2.16. The Hall–Kier alpha value is -1.25. The maximum absolute atomic E-state index is 5.87. The van der Waals surface area contributed by atoms with Gasteiger partial charge in [0.1, 0.15) is 5.76 Å². The Morgan fingerprint density at radius 2 is 2.11 bits per heavy atom. The molecule has 102 valence electrons. The van der Waals surface area contributed by atoms with Crippen molar-refractivity contribution in [1.29, 1.82) is 0 Å². The molecule has 1 unspecified atom stereocenters. The molecule has 19 heavy (non-hydrogen) atoms. The molecule has 1 aromatic heterocycles. The van der Waals surface area contributed by atoms with Gasteiger partial charge in [-0.25, -0.2) is 0 Å². The average Bonchev–Trinajstić information content (AvgIpc) is 2.81. The molecule has 2 rings (SSSR count). The van der Waals surface area contributed by atoms with Crippen LogP contribution in [0.25, 0.3) is 0 Å². The number of furan rings is 1. The Labute approximate surface area is 119 Å². The van der Waals surface area contributed by atoms with Gasteiger partial charge in [-0.1, -0.05) is 36.8 Å². The van der Waals surface area contributed by atoms with E-state index in [1.165, 1.54) is 11.1 Å². The van der Waals surface area contributed by atoms with Crippen LogP contribution in [0.3, 0.4) is 0 Å². The van der Waals surface area contributed by atoms with Crippen LogP contribution >= 0.6 is 11.6 Å². The predicted molar refractivity (Wildman–Crippen MR) is 79.6 cm³/mol.